The maximum Gasteiger partial charge on any atom is 0.416 e. The summed E-state index contributed by atoms with van der Waals surface area (Å²) in [7, 11) is 0. The number of rotatable bonds is 5. The van der Waals surface area contributed by atoms with Crippen LogP contribution in [0.5, 0.6) is 0 Å². The highest BCUT2D eigenvalue weighted by Crippen LogP contribution is 2.29. The van der Waals surface area contributed by atoms with E-state index in [0.29, 0.717) is 11.5 Å². The standard InChI is InChI=1S/C20H14BrF3N2O2/c21-16-6-4-14(5-7-16)18-9-8-17(28-18)12-25-26-19(27)11-13-2-1-3-15(10-13)20(22,23)24/h1-10,12H,11H2,(H,26,27)/b25-12+. The molecule has 0 aliphatic carbocycles. The first-order valence-corrected chi connectivity index (χ1v) is 8.94. The second kappa shape index (κ2) is 8.43. The van der Waals surface area contributed by atoms with E-state index in [1.807, 2.05) is 24.3 Å². The Kier molecular flexibility index (Phi) is 5.99. The first-order valence-electron chi connectivity index (χ1n) is 8.15. The van der Waals surface area contributed by atoms with E-state index >= 15 is 0 Å². The van der Waals surface area contributed by atoms with Gasteiger partial charge in [0.2, 0.25) is 5.91 Å². The second-order valence-electron chi connectivity index (χ2n) is 5.88. The van der Waals surface area contributed by atoms with Crippen molar-refractivity contribution in [2.24, 2.45) is 5.10 Å². The highest BCUT2D eigenvalue weighted by atomic mass is 79.9. The third kappa shape index (κ3) is 5.32. The first kappa shape index (κ1) is 19.9. The number of benzene rings is 2. The summed E-state index contributed by atoms with van der Waals surface area (Å²) in [6.07, 6.45) is -3.34. The number of carbonyl (C=O) groups is 1. The Balaban J connectivity index is 1.58. The van der Waals surface area contributed by atoms with Crippen molar-refractivity contribution in [3.8, 4) is 11.3 Å². The van der Waals surface area contributed by atoms with Gasteiger partial charge < -0.3 is 4.42 Å². The molecule has 1 heterocycles. The van der Waals surface area contributed by atoms with Gasteiger partial charge in [0.25, 0.3) is 0 Å². The maximum absolute atomic E-state index is 12.7. The van der Waals surface area contributed by atoms with Crippen LogP contribution in [-0.2, 0) is 17.4 Å². The fourth-order valence-corrected chi connectivity index (χ4v) is 2.71. The molecule has 3 aromatic rings. The van der Waals surface area contributed by atoms with Gasteiger partial charge in [0.1, 0.15) is 11.5 Å². The van der Waals surface area contributed by atoms with Gasteiger partial charge >= 0.3 is 6.18 Å². The van der Waals surface area contributed by atoms with Gasteiger partial charge in [-0.1, -0.05) is 46.3 Å². The van der Waals surface area contributed by atoms with Crippen LogP contribution in [0.25, 0.3) is 11.3 Å². The molecule has 28 heavy (non-hydrogen) atoms. The van der Waals surface area contributed by atoms with E-state index in [1.165, 1.54) is 18.3 Å². The Bertz CT molecular complexity index is 995. The molecule has 1 aromatic heterocycles. The Morgan fingerprint density at radius 2 is 1.86 bits per heavy atom. The molecule has 0 bridgehead atoms. The Morgan fingerprint density at radius 3 is 2.57 bits per heavy atom. The lowest BCUT2D eigenvalue weighted by atomic mass is 10.1. The third-order valence-corrected chi connectivity index (χ3v) is 4.28. The summed E-state index contributed by atoms with van der Waals surface area (Å²) in [5.41, 5.74) is 2.62. The van der Waals surface area contributed by atoms with Crippen LogP contribution in [0.3, 0.4) is 0 Å². The molecule has 0 fully saturated rings. The zero-order valence-electron chi connectivity index (χ0n) is 14.3. The quantitative estimate of drug-likeness (QED) is 0.416. The van der Waals surface area contributed by atoms with Crippen LogP contribution in [0, 0.1) is 0 Å². The maximum atomic E-state index is 12.7. The number of nitrogens with zero attached hydrogens (tertiary/aromatic N) is 1. The van der Waals surface area contributed by atoms with Gasteiger partial charge in [-0.3, -0.25) is 4.79 Å². The van der Waals surface area contributed by atoms with Crippen LogP contribution >= 0.6 is 15.9 Å². The summed E-state index contributed by atoms with van der Waals surface area (Å²) in [4.78, 5) is 11.9. The van der Waals surface area contributed by atoms with Crippen molar-refractivity contribution in [2.75, 3.05) is 0 Å². The zero-order valence-corrected chi connectivity index (χ0v) is 15.9. The smallest absolute Gasteiger partial charge is 0.416 e. The van der Waals surface area contributed by atoms with E-state index in [-0.39, 0.29) is 12.0 Å². The molecule has 8 heteroatoms. The molecule has 0 spiro atoms. The minimum absolute atomic E-state index is 0.219. The van der Waals surface area contributed by atoms with Crippen LogP contribution in [0.4, 0.5) is 13.2 Å². The summed E-state index contributed by atoms with van der Waals surface area (Å²) in [6, 6.07) is 15.6. The third-order valence-electron chi connectivity index (χ3n) is 3.76. The van der Waals surface area contributed by atoms with E-state index in [2.05, 4.69) is 26.5 Å². The van der Waals surface area contributed by atoms with Crippen molar-refractivity contribution in [1.82, 2.24) is 5.43 Å². The molecule has 144 valence electrons. The fourth-order valence-electron chi connectivity index (χ4n) is 2.44. The largest absolute Gasteiger partial charge is 0.455 e. The van der Waals surface area contributed by atoms with Crippen molar-refractivity contribution in [2.45, 2.75) is 12.6 Å². The lowest BCUT2D eigenvalue weighted by Crippen LogP contribution is -2.20. The molecular formula is C20H14BrF3N2O2. The summed E-state index contributed by atoms with van der Waals surface area (Å²) >= 11 is 3.36. The van der Waals surface area contributed by atoms with Gasteiger partial charge in [0, 0.05) is 10.0 Å². The SMILES string of the molecule is O=C(Cc1cccc(C(F)(F)F)c1)N/N=C/c1ccc(-c2ccc(Br)cc2)o1. The van der Waals surface area contributed by atoms with Crippen LogP contribution in [0.15, 0.2) is 74.7 Å². The van der Waals surface area contributed by atoms with Crippen molar-refractivity contribution in [3.05, 3.63) is 82.0 Å². The first-order chi connectivity index (χ1) is 13.3. The van der Waals surface area contributed by atoms with Gasteiger partial charge in [0.15, 0.2) is 0 Å². The van der Waals surface area contributed by atoms with E-state index in [4.69, 9.17) is 4.42 Å². The average molecular weight is 451 g/mol. The molecule has 0 unspecified atom stereocenters. The van der Waals surface area contributed by atoms with Gasteiger partial charge in [0.05, 0.1) is 18.2 Å². The van der Waals surface area contributed by atoms with Crippen LogP contribution in [0.2, 0.25) is 0 Å². The molecule has 0 aliphatic heterocycles. The number of carbonyl (C=O) groups excluding carboxylic acids is 1. The average Bonchev–Trinajstić information content (AvgIpc) is 3.11. The number of amides is 1. The van der Waals surface area contributed by atoms with E-state index in [9.17, 15) is 18.0 Å². The van der Waals surface area contributed by atoms with E-state index in [1.54, 1.807) is 12.1 Å². The molecule has 0 saturated carbocycles. The molecule has 0 aliphatic rings. The number of alkyl halides is 3. The molecule has 1 N–H and O–H groups in total. The van der Waals surface area contributed by atoms with E-state index < -0.39 is 17.6 Å². The minimum atomic E-state index is -4.45. The predicted octanol–water partition coefficient (Wildman–Crippen LogP) is 5.42. The molecule has 4 nitrogen and oxygen atoms in total. The van der Waals surface area contributed by atoms with Gasteiger partial charge in [-0.15, -0.1) is 0 Å². The lowest BCUT2D eigenvalue weighted by molar-refractivity contribution is -0.137. The normalized spacial score (nSPS) is 11.7. The molecule has 2 aromatic carbocycles. The van der Waals surface area contributed by atoms with Gasteiger partial charge in [-0.05, 0) is 35.9 Å². The summed E-state index contributed by atoms with van der Waals surface area (Å²) in [6.45, 7) is 0. The lowest BCUT2D eigenvalue weighted by Gasteiger charge is -2.08. The molecule has 0 atom stereocenters. The van der Waals surface area contributed by atoms with E-state index in [0.717, 1.165) is 22.2 Å². The molecule has 0 radical (unpaired) electrons. The summed E-state index contributed by atoms with van der Waals surface area (Å²) in [5, 5.41) is 3.78. The Labute approximate surface area is 167 Å². The van der Waals surface area contributed by atoms with Gasteiger partial charge in [-0.2, -0.15) is 18.3 Å². The molecule has 0 saturated heterocycles. The Morgan fingerprint density at radius 1 is 1.11 bits per heavy atom. The fraction of sp³-hybridized carbons (Fsp3) is 0.100. The van der Waals surface area contributed by atoms with Crippen molar-refractivity contribution in [1.29, 1.82) is 0 Å². The predicted molar refractivity (Wildman–Crippen MR) is 103 cm³/mol. The number of furan rings is 1. The topological polar surface area (TPSA) is 54.6 Å². The van der Waals surface area contributed by atoms with Gasteiger partial charge in [-0.25, -0.2) is 5.43 Å². The zero-order chi connectivity index (χ0) is 20.1. The van der Waals surface area contributed by atoms with Crippen molar-refractivity contribution >= 4 is 28.1 Å². The summed E-state index contributed by atoms with van der Waals surface area (Å²) < 4.78 is 44.7. The number of halogens is 4. The molecule has 1 amide bonds. The number of nitrogens with one attached hydrogen (secondary N) is 1. The van der Waals surface area contributed by atoms with Crippen LogP contribution in [0.1, 0.15) is 16.9 Å². The highest BCUT2D eigenvalue weighted by Gasteiger charge is 2.30. The highest BCUT2D eigenvalue weighted by molar-refractivity contribution is 9.10. The molecule has 3 rings (SSSR count). The van der Waals surface area contributed by atoms with Crippen molar-refractivity contribution < 1.29 is 22.4 Å². The number of hydrazone groups is 1. The number of hydrogen-bond acceptors (Lipinski definition) is 3. The Hall–Kier alpha value is -2.87. The van der Waals surface area contributed by atoms with Crippen molar-refractivity contribution in [3.63, 3.8) is 0 Å². The molecular weight excluding hydrogens is 437 g/mol. The minimum Gasteiger partial charge on any atom is -0.455 e. The van der Waals surface area contributed by atoms with Crippen LogP contribution in [-0.4, -0.2) is 12.1 Å². The van der Waals surface area contributed by atoms with Crippen LogP contribution < -0.4 is 5.43 Å². The second-order valence-corrected chi connectivity index (χ2v) is 6.79. The number of hydrogen-bond donors (Lipinski definition) is 1. The monoisotopic (exact) mass is 450 g/mol. The summed E-state index contributed by atoms with van der Waals surface area (Å²) in [5.74, 6) is 0.539.